The van der Waals surface area contributed by atoms with Crippen LogP contribution in [-0.4, -0.2) is 33.4 Å². The first-order valence-corrected chi connectivity index (χ1v) is 10.2. The summed E-state index contributed by atoms with van der Waals surface area (Å²) >= 11 is 6.10. The number of hydrogen-bond donors (Lipinski definition) is 0. The van der Waals surface area contributed by atoms with Crippen molar-refractivity contribution in [1.29, 1.82) is 5.26 Å². The Bertz CT molecular complexity index is 1270. The minimum absolute atomic E-state index is 0.108. The molecule has 0 atom stereocenters. The van der Waals surface area contributed by atoms with Gasteiger partial charge >= 0.3 is 6.18 Å². The van der Waals surface area contributed by atoms with Crippen LogP contribution in [0.1, 0.15) is 35.4 Å². The number of allylic oxidation sites excluding steroid dienone is 5. The molecule has 2 aromatic heterocycles. The van der Waals surface area contributed by atoms with Crippen molar-refractivity contribution in [2.45, 2.75) is 25.9 Å². The lowest BCUT2D eigenvalue weighted by Crippen LogP contribution is -2.23. The van der Waals surface area contributed by atoms with E-state index in [-0.39, 0.29) is 5.65 Å². The molecule has 2 aliphatic rings. The average Bonchev–Trinajstić information content (AvgIpc) is 3.38. The van der Waals surface area contributed by atoms with E-state index in [1.54, 1.807) is 37.3 Å². The number of aromatic nitrogens is 3. The molecule has 6 nitrogen and oxygen atoms in total. The maximum absolute atomic E-state index is 13.6. The van der Waals surface area contributed by atoms with Crippen LogP contribution in [-0.2, 0) is 6.18 Å². The third kappa shape index (κ3) is 3.82. The van der Waals surface area contributed by atoms with Gasteiger partial charge in [-0.15, -0.1) is 0 Å². The molecule has 164 valence electrons. The molecule has 0 amide bonds. The third-order valence-corrected chi connectivity index (χ3v) is 5.51. The minimum Gasteiger partial charge on any atom is -0.356 e. The molecule has 1 fully saturated rings. The second-order valence-electron chi connectivity index (χ2n) is 7.36. The van der Waals surface area contributed by atoms with Crippen molar-refractivity contribution in [3.8, 4) is 6.07 Å². The third-order valence-electron chi connectivity index (χ3n) is 5.27. The Kier molecular flexibility index (Phi) is 5.65. The zero-order chi connectivity index (χ0) is 23.0. The summed E-state index contributed by atoms with van der Waals surface area (Å²) in [4.78, 5) is 10.6. The Morgan fingerprint density at radius 3 is 2.62 bits per heavy atom. The molecule has 4 rings (SSSR count). The second-order valence-corrected chi connectivity index (χ2v) is 7.79. The lowest BCUT2D eigenvalue weighted by molar-refractivity contribution is -0.141. The number of rotatable bonds is 3. The van der Waals surface area contributed by atoms with Gasteiger partial charge in [0.25, 0.3) is 0 Å². The van der Waals surface area contributed by atoms with Crippen LogP contribution >= 0.6 is 11.6 Å². The van der Waals surface area contributed by atoms with Crippen LogP contribution in [0, 0.1) is 18.3 Å². The maximum atomic E-state index is 13.6. The molecular formula is C22H18ClF3N6. The van der Waals surface area contributed by atoms with Gasteiger partial charge in [0.2, 0.25) is 0 Å². The fourth-order valence-electron chi connectivity index (χ4n) is 3.86. The van der Waals surface area contributed by atoms with Crippen molar-refractivity contribution >= 4 is 34.9 Å². The molecule has 2 aromatic rings. The number of nitrogens with zero attached hydrogens (tertiary/aromatic N) is 6. The predicted octanol–water partition coefficient (Wildman–Crippen LogP) is 5.19. The number of nitriles is 1. The van der Waals surface area contributed by atoms with Gasteiger partial charge in [0.15, 0.2) is 11.3 Å². The molecule has 3 heterocycles. The largest absolute Gasteiger partial charge is 0.436 e. The van der Waals surface area contributed by atoms with Crippen LogP contribution in [0.2, 0.25) is 0 Å². The molecule has 0 radical (unpaired) electrons. The molecule has 1 aliphatic heterocycles. The Morgan fingerprint density at radius 1 is 1.28 bits per heavy atom. The smallest absolute Gasteiger partial charge is 0.356 e. The summed E-state index contributed by atoms with van der Waals surface area (Å²) in [7, 11) is 0. The van der Waals surface area contributed by atoms with Gasteiger partial charge in [0.05, 0.1) is 11.4 Å². The molecule has 10 heteroatoms. The second kappa shape index (κ2) is 8.28. The summed E-state index contributed by atoms with van der Waals surface area (Å²) in [5.41, 5.74) is 0.409. The molecule has 1 saturated heterocycles. The van der Waals surface area contributed by atoms with Crippen molar-refractivity contribution < 1.29 is 13.2 Å². The van der Waals surface area contributed by atoms with Crippen LogP contribution in [0.15, 0.2) is 46.6 Å². The van der Waals surface area contributed by atoms with E-state index in [2.05, 4.69) is 21.7 Å². The zero-order valence-corrected chi connectivity index (χ0v) is 17.9. The number of fused-ring (bicyclic) bond motifs is 1. The number of anilines is 1. The number of halogens is 4. The summed E-state index contributed by atoms with van der Waals surface area (Å²) in [5.74, 6) is 0.469. The lowest BCUT2D eigenvalue weighted by atomic mass is 10.0. The van der Waals surface area contributed by atoms with Gasteiger partial charge in [-0.2, -0.15) is 28.0 Å². The first-order chi connectivity index (χ1) is 15.2. The molecule has 0 N–H and O–H groups in total. The minimum atomic E-state index is -4.77. The van der Waals surface area contributed by atoms with E-state index in [1.165, 1.54) is 6.20 Å². The van der Waals surface area contributed by atoms with Crippen LogP contribution < -0.4 is 4.90 Å². The van der Waals surface area contributed by atoms with Gasteiger partial charge < -0.3 is 4.90 Å². The van der Waals surface area contributed by atoms with E-state index < -0.39 is 17.4 Å². The number of hydrogen-bond acceptors (Lipinski definition) is 5. The zero-order valence-electron chi connectivity index (χ0n) is 17.1. The van der Waals surface area contributed by atoms with Crippen molar-refractivity contribution in [2.75, 3.05) is 18.0 Å². The lowest BCUT2D eigenvalue weighted by Gasteiger charge is -2.22. The highest BCUT2D eigenvalue weighted by molar-refractivity contribution is 6.35. The van der Waals surface area contributed by atoms with E-state index in [0.717, 1.165) is 17.4 Å². The average molecular weight is 459 g/mol. The maximum Gasteiger partial charge on any atom is 0.436 e. The molecule has 0 unspecified atom stereocenters. The molecule has 1 aliphatic carbocycles. The fourth-order valence-corrected chi connectivity index (χ4v) is 4.03. The standard InChI is InChI=1S/C22H18ClF3N6/c1-3-28-18-11-15(23)7-6-14(18)10-16-13(2)29-20-17(12-27)19(22(24,25)26)30-32(20)21(16)31-8-4-5-9-31/h3,6-7,10-11H,1,4-5,8-9H2,2H3/b14-10+,28-18?. The van der Waals surface area contributed by atoms with E-state index >= 15 is 0 Å². The highest BCUT2D eigenvalue weighted by Crippen LogP contribution is 2.36. The summed E-state index contributed by atoms with van der Waals surface area (Å²) in [6.45, 7) is 6.64. The summed E-state index contributed by atoms with van der Waals surface area (Å²) in [6.07, 6.45) is 5.37. The molecule has 0 spiro atoms. The van der Waals surface area contributed by atoms with Crippen molar-refractivity contribution in [2.24, 2.45) is 4.99 Å². The molecule has 32 heavy (non-hydrogen) atoms. The molecule has 0 saturated carbocycles. The van der Waals surface area contributed by atoms with E-state index in [0.29, 0.717) is 46.5 Å². The highest BCUT2D eigenvalue weighted by Gasteiger charge is 2.40. The molecule has 0 bridgehead atoms. The highest BCUT2D eigenvalue weighted by atomic mass is 35.5. The van der Waals surface area contributed by atoms with Crippen molar-refractivity contribution in [3.05, 3.63) is 64.1 Å². The van der Waals surface area contributed by atoms with Crippen molar-refractivity contribution in [3.63, 3.8) is 0 Å². The Balaban J connectivity index is 2.03. The Morgan fingerprint density at radius 2 is 2.00 bits per heavy atom. The number of aliphatic imine (C=N–C) groups is 1. The van der Waals surface area contributed by atoms with Crippen LogP contribution in [0.4, 0.5) is 19.0 Å². The first-order valence-electron chi connectivity index (χ1n) is 9.86. The van der Waals surface area contributed by atoms with E-state index in [9.17, 15) is 18.4 Å². The Hall–Kier alpha value is -3.38. The van der Waals surface area contributed by atoms with Gasteiger partial charge in [0, 0.05) is 35.5 Å². The van der Waals surface area contributed by atoms with Gasteiger partial charge in [-0.3, -0.25) is 4.99 Å². The summed E-state index contributed by atoms with van der Waals surface area (Å²) in [6, 6.07) is 1.64. The predicted molar refractivity (Wildman–Crippen MR) is 118 cm³/mol. The molecular weight excluding hydrogens is 441 g/mol. The SMILES string of the molecule is C=CN=C1C=C(Cl)C=C/C1=C\c1c(C)nc2c(C#N)c(C(F)(F)F)nn2c1N1CCCC1. The quantitative estimate of drug-likeness (QED) is 0.634. The van der Waals surface area contributed by atoms with Gasteiger partial charge in [-0.25, -0.2) is 4.98 Å². The topological polar surface area (TPSA) is 69.6 Å². The number of alkyl halides is 3. The van der Waals surface area contributed by atoms with Crippen LogP contribution in [0.5, 0.6) is 0 Å². The summed E-state index contributed by atoms with van der Waals surface area (Å²) < 4.78 is 41.9. The Labute approximate surface area is 187 Å². The van der Waals surface area contributed by atoms with Gasteiger partial charge in [-0.05, 0) is 38.0 Å². The molecule has 0 aromatic carbocycles. The van der Waals surface area contributed by atoms with E-state index in [1.807, 2.05) is 4.90 Å². The van der Waals surface area contributed by atoms with Crippen molar-refractivity contribution in [1.82, 2.24) is 14.6 Å². The summed E-state index contributed by atoms with van der Waals surface area (Å²) in [5, 5.41) is 13.7. The fraction of sp³-hybridized carbons (Fsp3) is 0.273. The van der Waals surface area contributed by atoms with Gasteiger partial charge in [0.1, 0.15) is 17.5 Å². The van der Waals surface area contributed by atoms with Gasteiger partial charge in [-0.1, -0.05) is 24.3 Å². The van der Waals surface area contributed by atoms with Crippen LogP contribution in [0.25, 0.3) is 11.7 Å². The number of aryl methyl sites for hydroxylation is 1. The van der Waals surface area contributed by atoms with Crippen LogP contribution in [0.3, 0.4) is 0 Å². The monoisotopic (exact) mass is 458 g/mol. The normalized spacial score (nSPS) is 19.1. The van der Waals surface area contributed by atoms with E-state index in [4.69, 9.17) is 11.6 Å². The first kappa shape index (κ1) is 21.8.